The van der Waals surface area contributed by atoms with E-state index >= 15 is 0 Å². The van der Waals surface area contributed by atoms with Gasteiger partial charge in [-0.1, -0.05) is 65.2 Å². The standard InChI is InChI=1S/C23H42N6/c1-3-5-17-24-21-26-22(25-18-6-4-2)28-23(27-21)29(19-13-9-7-10-14-19)20-15-11-8-12-16-20/h19-20H,3-18H2,1-2H3,(H2,24,25,26,27,28). The topological polar surface area (TPSA) is 66.0 Å². The van der Waals surface area contributed by atoms with Gasteiger partial charge >= 0.3 is 0 Å². The minimum atomic E-state index is 0.584. The molecule has 0 atom stereocenters. The van der Waals surface area contributed by atoms with Crippen LogP contribution in [-0.2, 0) is 0 Å². The molecule has 1 aromatic rings. The van der Waals surface area contributed by atoms with Crippen LogP contribution in [0, 0.1) is 0 Å². The molecule has 2 fully saturated rings. The van der Waals surface area contributed by atoms with Crippen molar-refractivity contribution in [2.45, 2.75) is 116 Å². The molecule has 0 radical (unpaired) electrons. The summed E-state index contributed by atoms with van der Waals surface area (Å²) in [6, 6.07) is 1.17. The number of hydrogen-bond acceptors (Lipinski definition) is 6. The molecule has 2 saturated carbocycles. The van der Waals surface area contributed by atoms with E-state index in [0.717, 1.165) is 43.8 Å². The van der Waals surface area contributed by atoms with Crippen molar-refractivity contribution in [3.8, 4) is 0 Å². The Morgan fingerprint density at radius 1 is 0.690 bits per heavy atom. The SMILES string of the molecule is CCCCNc1nc(NCCCC)nc(N(C2CCCCC2)C2CCCCC2)n1. The summed E-state index contributed by atoms with van der Waals surface area (Å²) in [6.45, 7) is 6.26. The third-order valence-corrected chi connectivity index (χ3v) is 6.42. The van der Waals surface area contributed by atoms with Crippen molar-refractivity contribution in [1.29, 1.82) is 0 Å². The number of aromatic nitrogens is 3. The lowest BCUT2D eigenvalue weighted by atomic mass is 9.89. The van der Waals surface area contributed by atoms with E-state index in [4.69, 9.17) is 9.97 Å². The zero-order valence-electron chi connectivity index (χ0n) is 18.8. The zero-order chi connectivity index (χ0) is 20.3. The van der Waals surface area contributed by atoms with E-state index in [-0.39, 0.29) is 0 Å². The molecule has 29 heavy (non-hydrogen) atoms. The summed E-state index contributed by atoms with van der Waals surface area (Å²) in [5.74, 6) is 2.37. The van der Waals surface area contributed by atoms with E-state index in [1.807, 2.05) is 0 Å². The highest BCUT2D eigenvalue weighted by Gasteiger charge is 2.31. The first-order chi connectivity index (χ1) is 14.3. The van der Waals surface area contributed by atoms with Crippen LogP contribution in [0.3, 0.4) is 0 Å². The lowest BCUT2D eigenvalue weighted by molar-refractivity contribution is 0.335. The Morgan fingerprint density at radius 2 is 1.14 bits per heavy atom. The van der Waals surface area contributed by atoms with Crippen LogP contribution in [0.2, 0.25) is 0 Å². The first-order valence-corrected chi connectivity index (χ1v) is 12.3. The average molecular weight is 403 g/mol. The van der Waals surface area contributed by atoms with E-state index in [1.54, 1.807) is 0 Å². The summed E-state index contributed by atoms with van der Waals surface area (Å²) in [5.41, 5.74) is 0. The maximum Gasteiger partial charge on any atom is 0.232 e. The lowest BCUT2D eigenvalue weighted by Gasteiger charge is -2.41. The van der Waals surface area contributed by atoms with Gasteiger partial charge in [-0.25, -0.2) is 0 Å². The van der Waals surface area contributed by atoms with Crippen LogP contribution in [-0.4, -0.2) is 40.1 Å². The Labute approximate surface area is 177 Å². The highest BCUT2D eigenvalue weighted by atomic mass is 15.4. The molecule has 0 bridgehead atoms. The highest BCUT2D eigenvalue weighted by Crippen LogP contribution is 2.33. The van der Waals surface area contributed by atoms with Gasteiger partial charge in [-0.3, -0.25) is 0 Å². The van der Waals surface area contributed by atoms with Crippen LogP contribution < -0.4 is 15.5 Å². The maximum atomic E-state index is 4.94. The van der Waals surface area contributed by atoms with Crippen molar-refractivity contribution in [2.24, 2.45) is 0 Å². The molecule has 2 aliphatic rings. The molecule has 6 heteroatoms. The Kier molecular flexibility index (Phi) is 9.29. The Balaban J connectivity index is 1.85. The normalized spacial score (nSPS) is 18.6. The van der Waals surface area contributed by atoms with Gasteiger partial charge in [0.1, 0.15) is 0 Å². The van der Waals surface area contributed by atoms with E-state index in [0.29, 0.717) is 12.1 Å². The lowest BCUT2D eigenvalue weighted by Crippen LogP contribution is -2.46. The minimum Gasteiger partial charge on any atom is -0.354 e. The average Bonchev–Trinajstić information content (AvgIpc) is 2.76. The molecular formula is C23H42N6. The molecule has 2 aliphatic carbocycles. The largest absolute Gasteiger partial charge is 0.354 e. The Hall–Kier alpha value is -1.59. The zero-order valence-corrected chi connectivity index (χ0v) is 18.8. The van der Waals surface area contributed by atoms with Gasteiger partial charge in [-0.2, -0.15) is 15.0 Å². The Morgan fingerprint density at radius 3 is 1.55 bits per heavy atom. The fourth-order valence-electron chi connectivity index (χ4n) is 4.74. The molecule has 6 nitrogen and oxygen atoms in total. The smallest absolute Gasteiger partial charge is 0.232 e. The van der Waals surface area contributed by atoms with Gasteiger partial charge in [-0.15, -0.1) is 0 Å². The molecule has 3 rings (SSSR count). The summed E-state index contributed by atoms with van der Waals surface area (Å²) in [4.78, 5) is 17.2. The molecule has 0 aliphatic heterocycles. The third kappa shape index (κ3) is 6.71. The second-order valence-electron chi connectivity index (χ2n) is 8.83. The van der Waals surface area contributed by atoms with Crippen LogP contribution in [0.5, 0.6) is 0 Å². The molecule has 0 spiro atoms. The van der Waals surface area contributed by atoms with Crippen molar-refractivity contribution >= 4 is 17.8 Å². The van der Waals surface area contributed by atoms with Crippen LogP contribution in [0.25, 0.3) is 0 Å². The van der Waals surface area contributed by atoms with Crippen LogP contribution in [0.15, 0.2) is 0 Å². The van der Waals surface area contributed by atoms with E-state index in [1.165, 1.54) is 77.0 Å². The maximum absolute atomic E-state index is 4.94. The van der Waals surface area contributed by atoms with Gasteiger partial charge in [0.2, 0.25) is 17.8 Å². The van der Waals surface area contributed by atoms with Gasteiger partial charge < -0.3 is 15.5 Å². The minimum absolute atomic E-state index is 0.584. The molecular weight excluding hydrogens is 360 g/mol. The summed E-state index contributed by atoms with van der Waals surface area (Å²) >= 11 is 0. The molecule has 1 heterocycles. The van der Waals surface area contributed by atoms with Crippen LogP contribution in [0.4, 0.5) is 17.8 Å². The number of anilines is 3. The second-order valence-corrected chi connectivity index (χ2v) is 8.83. The quantitative estimate of drug-likeness (QED) is 0.458. The van der Waals surface area contributed by atoms with E-state index < -0.39 is 0 Å². The van der Waals surface area contributed by atoms with Crippen molar-refractivity contribution in [2.75, 3.05) is 28.6 Å². The summed E-state index contributed by atoms with van der Waals surface area (Å²) in [7, 11) is 0. The summed E-state index contributed by atoms with van der Waals surface area (Å²) in [6.07, 6.45) is 17.8. The molecule has 1 aromatic heterocycles. The number of hydrogen-bond donors (Lipinski definition) is 2. The molecule has 0 saturated heterocycles. The van der Waals surface area contributed by atoms with Gasteiger partial charge in [0.25, 0.3) is 0 Å². The molecule has 164 valence electrons. The first kappa shape index (κ1) is 22.1. The molecule has 0 amide bonds. The monoisotopic (exact) mass is 402 g/mol. The van der Waals surface area contributed by atoms with Crippen molar-refractivity contribution in [3.05, 3.63) is 0 Å². The summed E-state index contributed by atoms with van der Waals surface area (Å²) < 4.78 is 0. The highest BCUT2D eigenvalue weighted by molar-refractivity contribution is 5.45. The van der Waals surface area contributed by atoms with E-state index in [2.05, 4.69) is 34.4 Å². The van der Waals surface area contributed by atoms with Crippen molar-refractivity contribution < 1.29 is 0 Å². The fourth-order valence-corrected chi connectivity index (χ4v) is 4.74. The van der Waals surface area contributed by atoms with Crippen molar-refractivity contribution in [1.82, 2.24) is 15.0 Å². The first-order valence-electron chi connectivity index (χ1n) is 12.3. The van der Waals surface area contributed by atoms with Gasteiger partial charge in [0, 0.05) is 25.2 Å². The third-order valence-electron chi connectivity index (χ3n) is 6.42. The number of rotatable bonds is 11. The van der Waals surface area contributed by atoms with Crippen LogP contribution >= 0.6 is 0 Å². The van der Waals surface area contributed by atoms with E-state index in [9.17, 15) is 0 Å². The van der Waals surface area contributed by atoms with Crippen LogP contribution in [0.1, 0.15) is 104 Å². The number of unbranched alkanes of at least 4 members (excludes halogenated alkanes) is 2. The second kappa shape index (κ2) is 12.2. The molecule has 2 N–H and O–H groups in total. The predicted octanol–water partition coefficient (Wildman–Crippen LogP) is 5.77. The molecule has 0 unspecified atom stereocenters. The summed E-state index contributed by atoms with van der Waals surface area (Å²) in [5, 5.41) is 6.90. The van der Waals surface area contributed by atoms with Gasteiger partial charge in [0.05, 0.1) is 0 Å². The number of nitrogens with one attached hydrogen (secondary N) is 2. The Bertz CT molecular complexity index is 534. The predicted molar refractivity (Wildman–Crippen MR) is 123 cm³/mol. The fraction of sp³-hybridized carbons (Fsp3) is 0.870. The van der Waals surface area contributed by atoms with Gasteiger partial charge in [-0.05, 0) is 38.5 Å². The number of nitrogens with zero attached hydrogens (tertiary/aromatic N) is 4. The van der Waals surface area contributed by atoms with Gasteiger partial charge in [0.15, 0.2) is 0 Å². The molecule has 0 aromatic carbocycles. The van der Waals surface area contributed by atoms with Crippen molar-refractivity contribution in [3.63, 3.8) is 0 Å².